The largest absolute Gasteiger partial charge is 0.355 e. The molecule has 0 atom stereocenters. The van der Waals surface area contributed by atoms with Crippen LogP contribution in [-0.4, -0.2) is 18.3 Å². The SMILES string of the molecule is Cc1ccccc1CC(=O)NCC(C)(C)CCCCl. The molecule has 2 nitrogen and oxygen atoms in total. The average Bonchev–Trinajstić information content (AvgIpc) is 2.37. The summed E-state index contributed by atoms with van der Waals surface area (Å²) < 4.78 is 0. The maximum Gasteiger partial charge on any atom is 0.224 e. The summed E-state index contributed by atoms with van der Waals surface area (Å²) in [7, 11) is 0. The molecule has 0 saturated heterocycles. The van der Waals surface area contributed by atoms with Gasteiger partial charge in [0.2, 0.25) is 5.91 Å². The molecule has 106 valence electrons. The third kappa shape index (κ3) is 6.11. The van der Waals surface area contributed by atoms with Gasteiger partial charge < -0.3 is 5.32 Å². The zero-order valence-corrected chi connectivity index (χ0v) is 12.9. The molecule has 0 radical (unpaired) electrons. The monoisotopic (exact) mass is 281 g/mol. The van der Waals surface area contributed by atoms with Gasteiger partial charge >= 0.3 is 0 Å². The lowest BCUT2D eigenvalue weighted by Crippen LogP contribution is -2.35. The van der Waals surface area contributed by atoms with E-state index in [2.05, 4.69) is 19.2 Å². The second-order valence-corrected chi connectivity index (χ2v) is 6.21. The Balaban J connectivity index is 2.42. The topological polar surface area (TPSA) is 29.1 Å². The van der Waals surface area contributed by atoms with Crippen molar-refractivity contribution in [3.05, 3.63) is 35.4 Å². The third-order valence-electron chi connectivity index (χ3n) is 3.36. The van der Waals surface area contributed by atoms with Crippen LogP contribution < -0.4 is 5.32 Å². The Morgan fingerprint density at radius 2 is 2.00 bits per heavy atom. The molecule has 0 saturated carbocycles. The van der Waals surface area contributed by atoms with Gasteiger partial charge in [0.25, 0.3) is 0 Å². The molecule has 0 fully saturated rings. The molecule has 0 aliphatic heterocycles. The highest BCUT2D eigenvalue weighted by atomic mass is 35.5. The number of halogens is 1. The minimum Gasteiger partial charge on any atom is -0.355 e. The van der Waals surface area contributed by atoms with Crippen LogP contribution in [0.15, 0.2) is 24.3 Å². The molecular formula is C16H24ClNO. The molecule has 0 unspecified atom stereocenters. The number of rotatable bonds is 7. The minimum absolute atomic E-state index is 0.0910. The molecule has 0 aliphatic carbocycles. The Kier molecular flexibility index (Phi) is 6.36. The molecule has 1 N–H and O–H groups in total. The van der Waals surface area contributed by atoms with Crippen molar-refractivity contribution in [1.29, 1.82) is 0 Å². The van der Waals surface area contributed by atoms with Crippen LogP contribution in [0.1, 0.15) is 37.8 Å². The van der Waals surface area contributed by atoms with Gasteiger partial charge in [-0.15, -0.1) is 11.6 Å². The summed E-state index contributed by atoms with van der Waals surface area (Å²) in [6.45, 7) is 7.06. The number of alkyl halides is 1. The van der Waals surface area contributed by atoms with Gasteiger partial charge in [-0.2, -0.15) is 0 Å². The molecule has 1 aromatic carbocycles. The van der Waals surface area contributed by atoms with Crippen LogP contribution in [0.5, 0.6) is 0 Å². The van der Waals surface area contributed by atoms with E-state index in [0.717, 1.165) is 18.4 Å². The third-order valence-corrected chi connectivity index (χ3v) is 3.63. The number of hydrogen-bond donors (Lipinski definition) is 1. The number of hydrogen-bond acceptors (Lipinski definition) is 1. The van der Waals surface area contributed by atoms with Crippen LogP contribution in [0.2, 0.25) is 0 Å². The standard InChI is InChI=1S/C16H24ClNO/c1-13-7-4-5-8-14(13)11-15(19)18-12-16(2,3)9-6-10-17/h4-5,7-8H,6,9-12H2,1-3H3,(H,18,19). The number of benzene rings is 1. The lowest BCUT2D eigenvalue weighted by Gasteiger charge is -2.24. The Labute approximate surface area is 121 Å². The van der Waals surface area contributed by atoms with Crippen molar-refractivity contribution in [2.45, 2.75) is 40.0 Å². The van der Waals surface area contributed by atoms with Gasteiger partial charge in [-0.3, -0.25) is 4.79 Å². The zero-order valence-electron chi connectivity index (χ0n) is 12.1. The van der Waals surface area contributed by atoms with Gasteiger partial charge in [-0.05, 0) is 36.3 Å². The first kappa shape index (κ1) is 16.0. The molecule has 3 heteroatoms. The van der Waals surface area contributed by atoms with Gasteiger partial charge in [-0.1, -0.05) is 38.1 Å². The fraction of sp³-hybridized carbons (Fsp3) is 0.562. The van der Waals surface area contributed by atoms with E-state index in [1.54, 1.807) is 0 Å². The molecule has 1 rings (SSSR count). The van der Waals surface area contributed by atoms with Crippen LogP contribution in [0.4, 0.5) is 0 Å². The van der Waals surface area contributed by atoms with E-state index in [9.17, 15) is 4.79 Å². The Morgan fingerprint density at radius 3 is 2.63 bits per heavy atom. The first-order valence-electron chi connectivity index (χ1n) is 6.82. The van der Waals surface area contributed by atoms with Gasteiger partial charge in [0.1, 0.15) is 0 Å². The van der Waals surface area contributed by atoms with Crippen molar-refractivity contribution in [2.75, 3.05) is 12.4 Å². The van der Waals surface area contributed by atoms with E-state index >= 15 is 0 Å². The number of nitrogens with one attached hydrogen (secondary N) is 1. The lowest BCUT2D eigenvalue weighted by molar-refractivity contribution is -0.120. The van der Waals surface area contributed by atoms with Crippen LogP contribution >= 0.6 is 11.6 Å². The molecule has 0 bridgehead atoms. The predicted molar refractivity (Wildman–Crippen MR) is 81.6 cm³/mol. The van der Waals surface area contributed by atoms with Crippen LogP contribution in [0.25, 0.3) is 0 Å². The molecular weight excluding hydrogens is 258 g/mol. The smallest absolute Gasteiger partial charge is 0.224 e. The fourth-order valence-electron chi connectivity index (χ4n) is 2.02. The molecule has 0 aromatic heterocycles. The van der Waals surface area contributed by atoms with Gasteiger partial charge in [0.05, 0.1) is 6.42 Å². The zero-order chi connectivity index (χ0) is 14.3. The van der Waals surface area contributed by atoms with Crippen LogP contribution in [0.3, 0.4) is 0 Å². The summed E-state index contributed by atoms with van der Waals surface area (Å²) in [5.41, 5.74) is 2.37. The van der Waals surface area contributed by atoms with E-state index in [1.807, 2.05) is 31.2 Å². The normalized spacial score (nSPS) is 11.4. The fourth-order valence-corrected chi connectivity index (χ4v) is 2.15. The van der Waals surface area contributed by atoms with Crippen molar-refractivity contribution in [1.82, 2.24) is 5.32 Å². The second kappa shape index (κ2) is 7.54. The summed E-state index contributed by atoms with van der Waals surface area (Å²) in [6.07, 6.45) is 2.47. The first-order valence-corrected chi connectivity index (χ1v) is 7.35. The Morgan fingerprint density at radius 1 is 1.32 bits per heavy atom. The average molecular weight is 282 g/mol. The lowest BCUT2D eigenvalue weighted by atomic mass is 9.88. The van der Waals surface area contributed by atoms with E-state index in [1.165, 1.54) is 5.56 Å². The molecule has 1 aromatic rings. The summed E-state index contributed by atoms with van der Waals surface area (Å²) in [5.74, 6) is 0.772. The highest BCUT2D eigenvalue weighted by molar-refractivity contribution is 6.17. The molecule has 0 aliphatic rings. The second-order valence-electron chi connectivity index (χ2n) is 5.84. The Hall–Kier alpha value is -1.02. The first-order chi connectivity index (χ1) is 8.94. The van der Waals surface area contributed by atoms with E-state index in [0.29, 0.717) is 18.8 Å². The maximum absolute atomic E-state index is 11.9. The number of aryl methyl sites for hydroxylation is 1. The van der Waals surface area contributed by atoms with Crippen molar-refractivity contribution in [3.8, 4) is 0 Å². The van der Waals surface area contributed by atoms with Crippen molar-refractivity contribution >= 4 is 17.5 Å². The van der Waals surface area contributed by atoms with E-state index in [-0.39, 0.29) is 11.3 Å². The van der Waals surface area contributed by atoms with Gasteiger partial charge in [0, 0.05) is 12.4 Å². The van der Waals surface area contributed by atoms with E-state index in [4.69, 9.17) is 11.6 Å². The number of carbonyl (C=O) groups excluding carboxylic acids is 1. The Bertz CT molecular complexity index is 415. The maximum atomic E-state index is 11.9. The van der Waals surface area contributed by atoms with E-state index < -0.39 is 0 Å². The quantitative estimate of drug-likeness (QED) is 0.759. The van der Waals surface area contributed by atoms with Crippen molar-refractivity contribution in [2.24, 2.45) is 5.41 Å². The highest BCUT2D eigenvalue weighted by Crippen LogP contribution is 2.21. The van der Waals surface area contributed by atoms with Crippen molar-refractivity contribution in [3.63, 3.8) is 0 Å². The number of amides is 1. The summed E-state index contributed by atoms with van der Waals surface area (Å²) >= 11 is 5.71. The van der Waals surface area contributed by atoms with Crippen LogP contribution in [0, 0.1) is 12.3 Å². The minimum atomic E-state index is 0.0910. The predicted octanol–water partition coefficient (Wildman–Crippen LogP) is 3.70. The summed E-state index contributed by atoms with van der Waals surface area (Å²) in [5, 5.41) is 3.03. The number of carbonyl (C=O) groups is 1. The molecule has 19 heavy (non-hydrogen) atoms. The molecule has 0 spiro atoms. The van der Waals surface area contributed by atoms with Gasteiger partial charge in [0.15, 0.2) is 0 Å². The summed E-state index contributed by atoms with van der Waals surface area (Å²) in [6, 6.07) is 8.01. The highest BCUT2D eigenvalue weighted by Gasteiger charge is 2.18. The summed E-state index contributed by atoms with van der Waals surface area (Å²) in [4.78, 5) is 11.9. The van der Waals surface area contributed by atoms with Crippen LogP contribution in [-0.2, 0) is 11.2 Å². The molecule has 0 heterocycles. The van der Waals surface area contributed by atoms with Crippen molar-refractivity contribution < 1.29 is 4.79 Å². The molecule has 1 amide bonds. The van der Waals surface area contributed by atoms with Gasteiger partial charge in [-0.25, -0.2) is 0 Å².